The highest BCUT2D eigenvalue weighted by molar-refractivity contribution is 5.71. The van der Waals surface area contributed by atoms with Gasteiger partial charge >= 0.3 is 0 Å². The molecule has 3 nitrogen and oxygen atoms in total. The maximum atomic E-state index is 5.73. The lowest BCUT2D eigenvalue weighted by Crippen LogP contribution is -2.02. The zero-order chi connectivity index (χ0) is 15.8. The van der Waals surface area contributed by atoms with Gasteiger partial charge in [0.2, 0.25) is 5.75 Å². The molecule has 0 atom stereocenters. The standard InChI is InChI=1S/C19H20O3/c1-4-11-21-18-14-16(15-9-7-6-8-10-15)13-17(20-3)19(18)22-12-5-2/h4-10,13-14H,1-2,11-12H2,3H3. The Labute approximate surface area is 131 Å². The number of ether oxygens (including phenoxy) is 3. The molecule has 0 aromatic heterocycles. The summed E-state index contributed by atoms with van der Waals surface area (Å²) in [4.78, 5) is 0. The molecular weight excluding hydrogens is 276 g/mol. The quantitative estimate of drug-likeness (QED) is 0.672. The Hall–Kier alpha value is -2.68. The summed E-state index contributed by atoms with van der Waals surface area (Å²) in [6.45, 7) is 8.12. The molecule has 0 bridgehead atoms. The van der Waals surface area contributed by atoms with Crippen molar-refractivity contribution in [3.05, 3.63) is 67.8 Å². The van der Waals surface area contributed by atoms with E-state index in [0.717, 1.165) is 11.1 Å². The van der Waals surface area contributed by atoms with Crippen LogP contribution in [0.15, 0.2) is 67.8 Å². The minimum Gasteiger partial charge on any atom is -0.493 e. The molecule has 0 unspecified atom stereocenters. The van der Waals surface area contributed by atoms with E-state index in [1.165, 1.54) is 0 Å². The Morgan fingerprint density at radius 2 is 1.50 bits per heavy atom. The minimum atomic E-state index is 0.380. The van der Waals surface area contributed by atoms with E-state index in [2.05, 4.69) is 13.2 Å². The van der Waals surface area contributed by atoms with Crippen molar-refractivity contribution in [3.63, 3.8) is 0 Å². The van der Waals surface area contributed by atoms with Crippen LogP contribution in [0.5, 0.6) is 17.2 Å². The van der Waals surface area contributed by atoms with Gasteiger partial charge < -0.3 is 14.2 Å². The average molecular weight is 296 g/mol. The third kappa shape index (κ3) is 3.70. The van der Waals surface area contributed by atoms with Gasteiger partial charge in [-0.2, -0.15) is 0 Å². The SMILES string of the molecule is C=CCOc1cc(-c2ccccc2)cc(OC)c1OCC=C. The molecule has 0 radical (unpaired) electrons. The number of hydrogen-bond acceptors (Lipinski definition) is 3. The van der Waals surface area contributed by atoms with E-state index in [4.69, 9.17) is 14.2 Å². The summed E-state index contributed by atoms with van der Waals surface area (Å²) in [6, 6.07) is 13.9. The molecule has 2 aromatic rings. The second kappa shape index (κ2) is 7.93. The maximum Gasteiger partial charge on any atom is 0.203 e. The molecule has 0 heterocycles. The first-order chi connectivity index (χ1) is 10.8. The average Bonchev–Trinajstić information content (AvgIpc) is 2.58. The molecule has 22 heavy (non-hydrogen) atoms. The molecule has 2 aromatic carbocycles. The van der Waals surface area contributed by atoms with Crippen molar-refractivity contribution in [1.29, 1.82) is 0 Å². The molecule has 0 aliphatic heterocycles. The van der Waals surface area contributed by atoms with Gasteiger partial charge in [-0.05, 0) is 23.3 Å². The zero-order valence-electron chi connectivity index (χ0n) is 12.7. The van der Waals surface area contributed by atoms with Crippen LogP contribution in [0.3, 0.4) is 0 Å². The van der Waals surface area contributed by atoms with Gasteiger partial charge in [-0.1, -0.05) is 55.6 Å². The molecule has 114 valence electrons. The van der Waals surface area contributed by atoms with E-state index in [-0.39, 0.29) is 0 Å². The van der Waals surface area contributed by atoms with E-state index >= 15 is 0 Å². The number of benzene rings is 2. The van der Waals surface area contributed by atoms with Crippen LogP contribution in [0.2, 0.25) is 0 Å². The monoisotopic (exact) mass is 296 g/mol. The fraction of sp³-hybridized carbons (Fsp3) is 0.158. The van der Waals surface area contributed by atoms with Crippen molar-refractivity contribution in [1.82, 2.24) is 0 Å². The smallest absolute Gasteiger partial charge is 0.203 e. The summed E-state index contributed by atoms with van der Waals surface area (Å²) < 4.78 is 16.9. The molecule has 0 aliphatic carbocycles. The van der Waals surface area contributed by atoms with Gasteiger partial charge in [0.25, 0.3) is 0 Å². The summed E-state index contributed by atoms with van der Waals surface area (Å²) in [5.41, 5.74) is 2.09. The lowest BCUT2D eigenvalue weighted by Gasteiger charge is -2.16. The predicted molar refractivity (Wildman–Crippen MR) is 89.8 cm³/mol. The van der Waals surface area contributed by atoms with Crippen molar-refractivity contribution in [2.75, 3.05) is 20.3 Å². The lowest BCUT2D eigenvalue weighted by molar-refractivity contribution is 0.289. The molecule has 0 fully saturated rings. The molecule has 0 saturated carbocycles. The van der Waals surface area contributed by atoms with Crippen molar-refractivity contribution in [2.45, 2.75) is 0 Å². The van der Waals surface area contributed by atoms with Gasteiger partial charge in [-0.15, -0.1) is 0 Å². The number of rotatable bonds is 8. The van der Waals surface area contributed by atoms with E-state index < -0.39 is 0 Å². The molecular formula is C19H20O3. The maximum absolute atomic E-state index is 5.73. The van der Waals surface area contributed by atoms with Gasteiger partial charge in [-0.25, -0.2) is 0 Å². The fourth-order valence-corrected chi connectivity index (χ4v) is 2.07. The summed E-state index contributed by atoms with van der Waals surface area (Å²) in [5.74, 6) is 1.83. The topological polar surface area (TPSA) is 27.7 Å². The van der Waals surface area contributed by atoms with Crippen LogP contribution < -0.4 is 14.2 Å². The first-order valence-corrected chi connectivity index (χ1v) is 7.05. The summed E-state index contributed by atoms with van der Waals surface area (Å²) in [5, 5.41) is 0. The molecule has 0 saturated heterocycles. The van der Waals surface area contributed by atoms with E-state index in [1.807, 2.05) is 42.5 Å². The first kappa shape index (κ1) is 15.7. The van der Waals surface area contributed by atoms with E-state index in [9.17, 15) is 0 Å². The van der Waals surface area contributed by atoms with Crippen LogP contribution in [-0.2, 0) is 0 Å². The van der Waals surface area contributed by atoms with Crippen molar-refractivity contribution in [3.8, 4) is 28.4 Å². The number of hydrogen-bond donors (Lipinski definition) is 0. The normalized spacial score (nSPS) is 9.86. The molecule has 0 N–H and O–H groups in total. The number of methoxy groups -OCH3 is 1. The highest BCUT2D eigenvalue weighted by Crippen LogP contribution is 2.41. The molecule has 2 rings (SSSR count). The molecule has 0 spiro atoms. The lowest BCUT2D eigenvalue weighted by atomic mass is 10.0. The van der Waals surface area contributed by atoms with Gasteiger partial charge in [0.15, 0.2) is 11.5 Å². The Morgan fingerprint density at radius 1 is 0.864 bits per heavy atom. The largest absolute Gasteiger partial charge is 0.493 e. The first-order valence-electron chi connectivity index (χ1n) is 7.05. The van der Waals surface area contributed by atoms with Gasteiger partial charge in [0.1, 0.15) is 13.2 Å². The summed E-state index contributed by atoms with van der Waals surface area (Å²) in [6.07, 6.45) is 3.38. The fourth-order valence-electron chi connectivity index (χ4n) is 2.07. The summed E-state index contributed by atoms with van der Waals surface area (Å²) in [7, 11) is 1.61. The van der Waals surface area contributed by atoms with E-state index in [0.29, 0.717) is 30.5 Å². The van der Waals surface area contributed by atoms with Crippen LogP contribution in [0, 0.1) is 0 Å². The second-order valence-electron chi connectivity index (χ2n) is 4.57. The Bertz CT molecular complexity index is 633. The molecule has 3 heteroatoms. The van der Waals surface area contributed by atoms with Gasteiger partial charge in [-0.3, -0.25) is 0 Å². The van der Waals surface area contributed by atoms with Crippen molar-refractivity contribution < 1.29 is 14.2 Å². The highest BCUT2D eigenvalue weighted by atomic mass is 16.5. The Kier molecular flexibility index (Phi) is 5.66. The van der Waals surface area contributed by atoms with E-state index in [1.54, 1.807) is 19.3 Å². The van der Waals surface area contributed by atoms with Crippen LogP contribution in [-0.4, -0.2) is 20.3 Å². The second-order valence-corrected chi connectivity index (χ2v) is 4.57. The van der Waals surface area contributed by atoms with Crippen LogP contribution in [0.1, 0.15) is 0 Å². The van der Waals surface area contributed by atoms with Crippen molar-refractivity contribution >= 4 is 0 Å². The summed E-state index contributed by atoms with van der Waals surface area (Å²) >= 11 is 0. The van der Waals surface area contributed by atoms with Crippen LogP contribution >= 0.6 is 0 Å². The Morgan fingerprint density at radius 3 is 2.14 bits per heavy atom. The minimum absolute atomic E-state index is 0.380. The Balaban J connectivity index is 2.49. The van der Waals surface area contributed by atoms with Crippen LogP contribution in [0.25, 0.3) is 11.1 Å². The van der Waals surface area contributed by atoms with Crippen LogP contribution in [0.4, 0.5) is 0 Å². The highest BCUT2D eigenvalue weighted by Gasteiger charge is 2.15. The van der Waals surface area contributed by atoms with Crippen molar-refractivity contribution in [2.24, 2.45) is 0 Å². The molecule has 0 aliphatic rings. The third-order valence-electron chi connectivity index (χ3n) is 3.05. The van der Waals surface area contributed by atoms with Gasteiger partial charge in [0, 0.05) is 0 Å². The third-order valence-corrected chi connectivity index (χ3v) is 3.05. The predicted octanol–water partition coefficient (Wildman–Crippen LogP) is 4.49. The van der Waals surface area contributed by atoms with Gasteiger partial charge in [0.05, 0.1) is 7.11 Å². The zero-order valence-corrected chi connectivity index (χ0v) is 12.7. The molecule has 0 amide bonds.